The summed E-state index contributed by atoms with van der Waals surface area (Å²) in [7, 11) is -3.75. The van der Waals surface area contributed by atoms with Crippen LogP contribution in [0.15, 0.2) is 65.1 Å². The Morgan fingerprint density at radius 1 is 1.09 bits per heavy atom. The first-order valence-corrected chi connectivity index (χ1v) is 8.37. The Kier molecular flexibility index (Phi) is 5.13. The van der Waals surface area contributed by atoms with E-state index in [0.29, 0.717) is 5.57 Å². The number of sulfonamides is 1. The monoisotopic (exact) mass is 317 g/mol. The van der Waals surface area contributed by atoms with Crippen LogP contribution in [0.5, 0.6) is 0 Å². The third kappa shape index (κ3) is 4.27. The Balaban J connectivity index is 2.15. The van der Waals surface area contributed by atoms with Crippen molar-refractivity contribution < 1.29 is 13.5 Å². The van der Waals surface area contributed by atoms with Gasteiger partial charge in [-0.25, -0.2) is 8.42 Å². The maximum Gasteiger partial charge on any atom is 0.242 e. The summed E-state index contributed by atoms with van der Waals surface area (Å²) < 4.78 is 26.7. The van der Waals surface area contributed by atoms with Crippen LogP contribution in [0, 0.1) is 6.92 Å². The predicted molar refractivity (Wildman–Crippen MR) is 87.6 cm³/mol. The number of hydrogen-bond acceptors (Lipinski definition) is 3. The minimum atomic E-state index is -3.75. The molecular formula is C17H19NO3S. The molecule has 2 rings (SSSR count). The van der Waals surface area contributed by atoms with E-state index in [4.69, 9.17) is 0 Å². The lowest BCUT2D eigenvalue weighted by Crippen LogP contribution is -2.35. The summed E-state index contributed by atoms with van der Waals surface area (Å²) in [5.41, 5.74) is 2.38. The van der Waals surface area contributed by atoms with Gasteiger partial charge in [0, 0.05) is 0 Å². The van der Waals surface area contributed by atoms with E-state index in [-0.39, 0.29) is 4.90 Å². The van der Waals surface area contributed by atoms with Gasteiger partial charge in [0.1, 0.15) is 6.23 Å². The zero-order chi connectivity index (χ0) is 16.2. The van der Waals surface area contributed by atoms with Crippen LogP contribution in [0.3, 0.4) is 0 Å². The van der Waals surface area contributed by atoms with Crippen molar-refractivity contribution in [1.82, 2.24) is 4.72 Å². The van der Waals surface area contributed by atoms with Gasteiger partial charge in [-0.2, -0.15) is 4.72 Å². The summed E-state index contributed by atoms with van der Waals surface area (Å²) in [5, 5.41) is 10.1. The highest BCUT2D eigenvalue weighted by Gasteiger charge is 2.19. The predicted octanol–water partition coefficient (Wildman–Crippen LogP) is 2.70. The minimum Gasteiger partial charge on any atom is -0.374 e. The molecule has 0 aliphatic carbocycles. The molecule has 1 unspecified atom stereocenters. The molecule has 0 aromatic heterocycles. The van der Waals surface area contributed by atoms with Crippen LogP contribution in [-0.4, -0.2) is 19.8 Å². The first-order chi connectivity index (χ1) is 10.4. The van der Waals surface area contributed by atoms with Gasteiger partial charge in [0.05, 0.1) is 4.90 Å². The molecule has 22 heavy (non-hydrogen) atoms. The van der Waals surface area contributed by atoms with E-state index in [9.17, 15) is 13.5 Å². The second-order valence-electron chi connectivity index (χ2n) is 5.14. The zero-order valence-electron chi connectivity index (χ0n) is 12.5. The summed E-state index contributed by atoms with van der Waals surface area (Å²) in [6.45, 7) is 3.56. The molecule has 0 aliphatic heterocycles. The largest absolute Gasteiger partial charge is 0.374 e. The van der Waals surface area contributed by atoms with Crippen LogP contribution in [0.1, 0.15) is 18.1 Å². The van der Waals surface area contributed by atoms with E-state index in [1.54, 1.807) is 25.1 Å². The molecule has 0 saturated heterocycles. The normalized spacial score (nSPS) is 13.9. The molecule has 0 aliphatic rings. The average Bonchev–Trinajstić information content (AvgIpc) is 2.48. The van der Waals surface area contributed by atoms with Gasteiger partial charge in [-0.3, -0.25) is 0 Å². The first-order valence-electron chi connectivity index (χ1n) is 6.89. The maximum atomic E-state index is 12.2. The van der Waals surface area contributed by atoms with Crippen molar-refractivity contribution in [3.8, 4) is 0 Å². The van der Waals surface area contributed by atoms with Crippen molar-refractivity contribution >= 4 is 16.1 Å². The number of aryl methyl sites for hydroxylation is 1. The molecule has 5 heteroatoms. The van der Waals surface area contributed by atoms with E-state index in [2.05, 4.69) is 4.72 Å². The molecule has 1 atom stereocenters. The Bertz CT molecular complexity index is 750. The highest BCUT2D eigenvalue weighted by molar-refractivity contribution is 7.89. The average molecular weight is 317 g/mol. The van der Waals surface area contributed by atoms with E-state index in [1.165, 1.54) is 12.1 Å². The standard InChI is InChI=1S/C17H19NO3S/c1-13-8-10-16(11-9-13)22(20,21)18-17(19)14(2)12-15-6-4-3-5-7-15/h3-12,17-19H,1-2H3/b14-12+. The molecular weight excluding hydrogens is 298 g/mol. The summed E-state index contributed by atoms with van der Waals surface area (Å²) in [6.07, 6.45) is 0.467. The van der Waals surface area contributed by atoms with Gasteiger partial charge in [-0.15, -0.1) is 0 Å². The maximum absolute atomic E-state index is 12.2. The van der Waals surface area contributed by atoms with Crippen molar-refractivity contribution in [1.29, 1.82) is 0 Å². The molecule has 2 aromatic rings. The highest BCUT2D eigenvalue weighted by atomic mass is 32.2. The molecule has 4 nitrogen and oxygen atoms in total. The summed E-state index contributed by atoms with van der Waals surface area (Å²) in [6, 6.07) is 15.9. The number of aliphatic hydroxyl groups is 1. The highest BCUT2D eigenvalue weighted by Crippen LogP contribution is 2.13. The lowest BCUT2D eigenvalue weighted by molar-refractivity contribution is 0.201. The number of aliphatic hydroxyl groups excluding tert-OH is 1. The number of benzene rings is 2. The Hall–Kier alpha value is -1.95. The fraction of sp³-hybridized carbons (Fsp3) is 0.176. The van der Waals surface area contributed by atoms with Gasteiger partial charge in [-0.05, 0) is 37.1 Å². The molecule has 2 N–H and O–H groups in total. The third-order valence-electron chi connectivity index (χ3n) is 3.22. The SMILES string of the molecule is C/C(=C\c1ccccc1)C(O)NS(=O)(=O)c1ccc(C)cc1. The molecule has 2 aromatic carbocycles. The van der Waals surface area contributed by atoms with Gasteiger partial charge in [0.15, 0.2) is 0 Å². The van der Waals surface area contributed by atoms with Crippen LogP contribution in [0.25, 0.3) is 6.08 Å². The van der Waals surface area contributed by atoms with Crippen LogP contribution in [0.4, 0.5) is 0 Å². The molecule has 0 fully saturated rings. The van der Waals surface area contributed by atoms with Gasteiger partial charge in [0.25, 0.3) is 0 Å². The molecule has 0 saturated carbocycles. The van der Waals surface area contributed by atoms with Gasteiger partial charge >= 0.3 is 0 Å². The molecule has 0 spiro atoms. The topological polar surface area (TPSA) is 66.4 Å². The summed E-state index contributed by atoms with van der Waals surface area (Å²) in [5.74, 6) is 0. The Labute approximate surface area is 131 Å². The van der Waals surface area contributed by atoms with Gasteiger partial charge in [0.2, 0.25) is 10.0 Å². The second kappa shape index (κ2) is 6.87. The van der Waals surface area contributed by atoms with Crippen LogP contribution >= 0.6 is 0 Å². The van der Waals surface area contributed by atoms with Crippen LogP contribution in [0.2, 0.25) is 0 Å². The van der Waals surface area contributed by atoms with Crippen LogP contribution < -0.4 is 4.72 Å². The summed E-state index contributed by atoms with van der Waals surface area (Å²) >= 11 is 0. The van der Waals surface area contributed by atoms with E-state index in [1.807, 2.05) is 37.3 Å². The molecule has 0 bridgehead atoms. The van der Waals surface area contributed by atoms with Crippen molar-refractivity contribution in [3.05, 3.63) is 71.3 Å². The van der Waals surface area contributed by atoms with Crippen molar-refractivity contribution in [3.63, 3.8) is 0 Å². The lowest BCUT2D eigenvalue weighted by atomic mass is 10.1. The molecule has 0 amide bonds. The quantitative estimate of drug-likeness (QED) is 0.833. The van der Waals surface area contributed by atoms with Crippen molar-refractivity contribution in [2.24, 2.45) is 0 Å². The smallest absolute Gasteiger partial charge is 0.242 e. The van der Waals surface area contributed by atoms with E-state index >= 15 is 0 Å². The van der Waals surface area contributed by atoms with E-state index < -0.39 is 16.3 Å². The minimum absolute atomic E-state index is 0.129. The van der Waals surface area contributed by atoms with Crippen molar-refractivity contribution in [2.75, 3.05) is 0 Å². The lowest BCUT2D eigenvalue weighted by Gasteiger charge is -2.14. The fourth-order valence-electron chi connectivity index (χ4n) is 1.92. The molecule has 0 radical (unpaired) electrons. The number of rotatable bonds is 5. The zero-order valence-corrected chi connectivity index (χ0v) is 13.3. The second-order valence-corrected chi connectivity index (χ2v) is 6.85. The van der Waals surface area contributed by atoms with Gasteiger partial charge in [-0.1, -0.05) is 54.1 Å². The van der Waals surface area contributed by atoms with Crippen molar-refractivity contribution in [2.45, 2.75) is 25.0 Å². The number of nitrogens with one attached hydrogen (secondary N) is 1. The summed E-state index contributed by atoms with van der Waals surface area (Å²) in [4.78, 5) is 0.129. The molecule has 0 heterocycles. The number of hydrogen-bond donors (Lipinski definition) is 2. The molecule has 116 valence electrons. The van der Waals surface area contributed by atoms with Gasteiger partial charge < -0.3 is 5.11 Å². The van der Waals surface area contributed by atoms with E-state index in [0.717, 1.165) is 11.1 Å². The third-order valence-corrected chi connectivity index (χ3v) is 4.65. The first kappa shape index (κ1) is 16.4. The fourth-order valence-corrected chi connectivity index (χ4v) is 3.03. The Morgan fingerprint density at radius 2 is 1.68 bits per heavy atom. The Morgan fingerprint density at radius 3 is 2.27 bits per heavy atom. The van der Waals surface area contributed by atoms with Crippen LogP contribution in [-0.2, 0) is 10.0 Å².